The summed E-state index contributed by atoms with van der Waals surface area (Å²) in [4.78, 5) is 23.7. The zero-order valence-electron chi connectivity index (χ0n) is 17.8. The fourth-order valence-corrected chi connectivity index (χ4v) is 4.90. The molecule has 170 valence electrons. The number of nitrogens with one attached hydrogen (secondary N) is 2. The highest BCUT2D eigenvalue weighted by Gasteiger charge is 2.33. The monoisotopic (exact) mass is 465 g/mol. The molecule has 33 heavy (non-hydrogen) atoms. The lowest BCUT2D eigenvalue weighted by molar-refractivity contribution is -0.116. The summed E-state index contributed by atoms with van der Waals surface area (Å²) in [5.41, 5.74) is 2.30. The normalized spacial score (nSPS) is 13.3. The molecule has 3 aromatic rings. The summed E-state index contributed by atoms with van der Waals surface area (Å²) < 4.78 is 32.9. The zero-order chi connectivity index (χ0) is 23.4. The van der Waals surface area contributed by atoms with E-state index in [0.29, 0.717) is 29.9 Å². The molecule has 1 aliphatic rings. The quantitative estimate of drug-likeness (QED) is 0.494. The van der Waals surface area contributed by atoms with Crippen LogP contribution in [0.1, 0.15) is 23.3 Å². The molecule has 2 N–H and O–H groups in total. The van der Waals surface area contributed by atoms with E-state index in [1.807, 2.05) is 30.3 Å². The molecule has 0 spiro atoms. The third-order valence-corrected chi connectivity index (χ3v) is 7.06. The lowest BCUT2D eigenvalue weighted by atomic mass is 10.1. The molecule has 1 aliphatic heterocycles. The number of carbonyl (C=O) groups is 2. The van der Waals surface area contributed by atoms with Crippen LogP contribution in [0.15, 0.2) is 82.6 Å². The number of hydrogen-bond donors (Lipinski definition) is 2. The largest absolute Gasteiger partial charge is 0.444 e. The fraction of sp³-hybridized carbons (Fsp3) is 0.167. The summed E-state index contributed by atoms with van der Waals surface area (Å²) in [7, 11) is -3.75. The van der Waals surface area contributed by atoms with Gasteiger partial charge in [-0.1, -0.05) is 36.9 Å². The Kier molecular flexibility index (Phi) is 6.43. The number of furan rings is 1. The number of sulfonamides is 1. The number of carbonyl (C=O) groups excluding carboxylic acids is 2. The number of fused-ring (bicyclic) bond motifs is 1. The van der Waals surface area contributed by atoms with Crippen LogP contribution in [0.25, 0.3) is 0 Å². The van der Waals surface area contributed by atoms with Gasteiger partial charge in [-0.25, -0.2) is 8.42 Å². The molecule has 0 aliphatic carbocycles. The maximum absolute atomic E-state index is 13.0. The Morgan fingerprint density at radius 3 is 2.42 bits per heavy atom. The summed E-state index contributed by atoms with van der Waals surface area (Å²) in [6, 6.07) is 17.4. The standard InChI is InChI=1S/C24H23N3O5S/c1-2-22(28)26-24-14-18-15-27(16-21(18)32-24)33(30,31)20-11-9-19(10-12-20)25-23(29)13-8-17-6-4-3-5-7-17/h2-7,9-12,14H,1,8,13,15-16H2,(H,25,29)(H,26,28). The van der Waals surface area contributed by atoms with E-state index in [2.05, 4.69) is 17.2 Å². The van der Waals surface area contributed by atoms with Crippen molar-refractivity contribution in [2.75, 3.05) is 10.6 Å². The van der Waals surface area contributed by atoms with E-state index in [1.165, 1.54) is 16.4 Å². The van der Waals surface area contributed by atoms with Crippen LogP contribution in [0.5, 0.6) is 0 Å². The first kappa shape index (κ1) is 22.5. The molecule has 8 nitrogen and oxygen atoms in total. The van der Waals surface area contributed by atoms with Gasteiger partial charge in [-0.15, -0.1) is 0 Å². The molecule has 0 unspecified atom stereocenters. The van der Waals surface area contributed by atoms with Crippen LogP contribution < -0.4 is 10.6 Å². The smallest absolute Gasteiger partial charge is 0.250 e. The average molecular weight is 466 g/mol. The van der Waals surface area contributed by atoms with Gasteiger partial charge in [0.15, 0.2) is 5.88 Å². The van der Waals surface area contributed by atoms with E-state index in [4.69, 9.17) is 4.42 Å². The molecule has 0 saturated heterocycles. The molecule has 9 heteroatoms. The molecule has 0 bridgehead atoms. The molecule has 0 atom stereocenters. The van der Waals surface area contributed by atoms with Crippen molar-refractivity contribution in [1.82, 2.24) is 4.31 Å². The van der Waals surface area contributed by atoms with Gasteiger partial charge in [0.2, 0.25) is 21.8 Å². The Labute approximate surface area is 192 Å². The van der Waals surface area contributed by atoms with E-state index < -0.39 is 15.9 Å². The topological polar surface area (TPSA) is 109 Å². The number of rotatable bonds is 8. The Bertz CT molecular complexity index is 1260. The third kappa shape index (κ3) is 5.21. The first-order valence-electron chi connectivity index (χ1n) is 10.3. The van der Waals surface area contributed by atoms with E-state index in [0.717, 1.165) is 11.6 Å². The van der Waals surface area contributed by atoms with Crippen LogP contribution in [0.2, 0.25) is 0 Å². The molecule has 4 rings (SSSR count). The van der Waals surface area contributed by atoms with Crippen molar-refractivity contribution in [3.63, 3.8) is 0 Å². The van der Waals surface area contributed by atoms with Gasteiger partial charge in [-0.3, -0.25) is 14.9 Å². The summed E-state index contributed by atoms with van der Waals surface area (Å²) in [5, 5.41) is 5.31. The second-order valence-electron chi connectivity index (χ2n) is 7.58. The Balaban J connectivity index is 1.35. The maximum Gasteiger partial charge on any atom is 0.250 e. The summed E-state index contributed by atoms with van der Waals surface area (Å²) in [6.45, 7) is 3.59. The molecular formula is C24H23N3O5S. The Morgan fingerprint density at radius 1 is 1.03 bits per heavy atom. The first-order valence-corrected chi connectivity index (χ1v) is 11.8. The third-order valence-electron chi connectivity index (χ3n) is 5.25. The van der Waals surface area contributed by atoms with Crippen molar-refractivity contribution < 1.29 is 22.4 Å². The lowest BCUT2D eigenvalue weighted by Crippen LogP contribution is -2.25. The predicted octanol–water partition coefficient (Wildman–Crippen LogP) is 3.68. The van der Waals surface area contributed by atoms with E-state index in [-0.39, 0.29) is 29.8 Å². The predicted molar refractivity (Wildman–Crippen MR) is 124 cm³/mol. The van der Waals surface area contributed by atoms with Gasteiger partial charge in [-0.2, -0.15) is 4.31 Å². The van der Waals surface area contributed by atoms with Gasteiger partial charge in [-0.05, 0) is 42.3 Å². The van der Waals surface area contributed by atoms with Crippen molar-refractivity contribution in [2.24, 2.45) is 0 Å². The van der Waals surface area contributed by atoms with Gasteiger partial charge >= 0.3 is 0 Å². The first-order chi connectivity index (χ1) is 15.8. The van der Waals surface area contributed by atoms with Gasteiger partial charge in [0.1, 0.15) is 5.76 Å². The van der Waals surface area contributed by atoms with Gasteiger partial charge < -0.3 is 9.73 Å². The second-order valence-corrected chi connectivity index (χ2v) is 9.52. The molecule has 1 aromatic heterocycles. The van der Waals surface area contributed by atoms with Crippen molar-refractivity contribution in [1.29, 1.82) is 0 Å². The van der Waals surface area contributed by atoms with Crippen molar-refractivity contribution in [3.8, 4) is 0 Å². The highest BCUT2D eigenvalue weighted by molar-refractivity contribution is 7.89. The molecule has 0 saturated carbocycles. The number of anilines is 2. The minimum absolute atomic E-state index is 0.0690. The molecule has 0 radical (unpaired) electrons. The minimum atomic E-state index is -3.75. The fourth-order valence-electron chi connectivity index (χ4n) is 3.53. The molecule has 2 amide bonds. The van der Waals surface area contributed by atoms with Gasteiger partial charge in [0.05, 0.1) is 11.4 Å². The molecule has 2 heterocycles. The summed E-state index contributed by atoms with van der Waals surface area (Å²) in [6.07, 6.45) is 2.08. The van der Waals surface area contributed by atoms with Crippen LogP contribution in [-0.2, 0) is 39.1 Å². The molecular weight excluding hydrogens is 442 g/mol. The van der Waals surface area contributed by atoms with Crippen molar-refractivity contribution >= 4 is 33.4 Å². The number of aryl methyl sites for hydroxylation is 1. The van der Waals surface area contributed by atoms with Gasteiger partial charge in [0.25, 0.3) is 0 Å². The summed E-state index contributed by atoms with van der Waals surface area (Å²) >= 11 is 0. The van der Waals surface area contributed by atoms with Crippen molar-refractivity contribution in [3.05, 3.63) is 90.2 Å². The summed E-state index contributed by atoms with van der Waals surface area (Å²) in [5.74, 6) is 0.201. The number of nitrogens with zero attached hydrogens (tertiary/aromatic N) is 1. The highest BCUT2D eigenvalue weighted by Crippen LogP contribution is 2.33. The van der Waals surface area contributed by atoms with Crippen LogP contribution >= 0.6 is 0 Å². The van der Waals surface area contributed by atoms with E-state index in [9.17, 15) is 18.0 Å². The van der Waals surface area contributed by atoms with Crippen LogP contribution in [0.4, 0.5) is 11.6 Å². The van der Waals surface area contributed by atoms with Crippen molar-refractivity contribution in [2.45, 2.75) is 30.8 Å². The number of benzene rings is 2. The molecule has 0 fully saturated rings. The van der Waals surface area contributed by atoms with Crippen LogP contribution in [0, 0.1) is 0 Å². The number of hydrogen-bond acceptors (Lipinski definition) is 5. The van der Waals surface area contributed by atoms with Gasteiger partial charge in [0, 0.05) is 30.3 Å². The second kappa shape index (κ2) is 9.43. The molecule has 2 aromatic carbocycles. The SMILES string of the molecule is C=CC(=O)Nc1cc2c(o1)CN(S(=O)(=O)c1ccc(NC(=O)CCc3ccccc3)cc1)C2. The van der Waals surface area contributed by atoms with Crippen LogP contribution in [-0.4, -0.2) is 24.5 Å². The Hall–Kier alpha value is -3.69. The highest BCUT2D eigenvalue weighted by atomic mass is 32.2. The Morgan fingerprint density at radius 2 is 1.76 bits per heavy atom. The number of amides is 2. The zero-order valence-corrected chi connectivity index (χ0v) is 18.6. The van der Waals surface area contributed by atoms with E-state index in [1.54, 1.807) is 18.2 Å². The van der Waals surface area contributed by atoms with Crippen LogP contribution in [0.3, 0.4) is 0 Å². The van der Waals surface area contributed by atoms with E-state index >= 15 is 0 Å². The minimum Gasteiger partial charge on any atom is -0.444 e. The average Bonchev–Trinajstić information content (AvgIpc) is 3.38. The maximum atomic E-state index is 13.0. The lowest BCUT2D eigenvalue weighted by Gasteiger charge is -2.16.